The Bertz CT molecular complexity index is 337. The van der Waals surface area contributed by atoms with Gasteiger partial charge in [0.25, 0.3) is 0 Å². The van der Waals surface area contributed by atoms with E-state index in [9.17, 15) is 0 Å². The lowest BCUT2D eigenvalue weighted by Gasteiger charge is -2.04. The van der Waals surface area contributed by atoms with Crippen LogP contribution in [0, 0.1) is 0 Å². The molecule has 17 heavy (non-hydrogen) atoms. The molecule has 0 aliphatic carbocycles. The average Bonchev–Trinajstić information content (AvgIpc) is 2.32. The van der Waals surface area contributed by atoms with Crippen LogP contribution in [0.1, 0.15) is 20.3 Å². The Morgan fingerprint density at radius 2 is 2.12 bits per heavy atom. The number of allylic oxidation sites excluding steroid dienone is 1. The van der Waals surface area contributed by atoms with Crippen molar-refractivity contribution in [1.82, 2.24) is 0 Å². The van der Waals surface area contributed by atoms with Gasteiger partial charge >= 0.3 is 0 Å². The second-order valence-corrected chi connectivity index (χ2v) is 3.52. The Labute approximate surface area is 104 Å². The molecule has 4 heteroatoms. The van der Waals surface area contributed by atoms with Crippen LogP contribution in [0.2, 0.25) is 0 Å². The molecule has 0 aromatic heterocycles. The first-order chi connectivity index (χ1) is 8.19. The second kappa shape index (κ2) is 9.51. The molecule has 0 aromatic rings. The maximum Gasteiger partial charge on any atom is 0.0854 e. The van der Waals surface area contributed by atoms with Crippen LogP contribution in [0.3, 0.4) is 0 Å². The molecule has 0 spiro atoms. The van der Waals surface area contributed by atoms with Gasteiger partial charge in [0.05, 0.1) is 11.8 Å². The Morgan fingerprint density at radius 1 is 1.41 bits per heavy atom. The standard InChI is InChI=1S/C13H22N4/c1-5-7-11(3)17-10-13(16-6-2)12(8-14)9-15-4/h5,8-11H,1,6-7,14H2,2-4H3. The highest BCUT2D eigenvalue weighted by atomic mass is 14.8. The van der Waals surface area contributed by atoms with Crippen molar-refractivity contribution in [1.29, 1.82) is 0 Å². The van der Waals surface area contributed by atoms with Crippen LogP contribution in [0.5, 0.6) is 0 Å². The molecule has 0 aromatic carbocycles. The van der Waals surface area contributed by atoms with Crippen molar-refractivity contribution in [2.45, 2.75) is 26.3 Å². The van der Waals surface area contributed by atoms with Gasteiger partial charge in [0.2, 0.25) is 0 Å². The third-order valence-electron chi connectivity index (χ3n) is 2.03. The zero-order chi connectivity index (χ0) is 13.1. The number of aliphatic imine (C=N–C) groups is 3. The summed E-state index contributed by atoms with van der Waals surface area (Å²) in [6.07, 6.45) is 7.62. The van der Waals surface area contributed by atoms with Crippen molar-refractivity contribution in [2.75, 3.05) is 13.6 Å². The lowest BCUT2D eigenvalue weighted by Crippen LogP contribution is -2.11. The molecule has 94 valence electrons. The van der Waals surface area contributed by atoms with Gasteiger partial charge in [-0.25, -0.2) is 0 Å². The van der Waals surface area contributed by atoms with E-state index in [0.29, 0.717) is 6.54 Å². The largest absolute Gasteiger partial charge is 0.404 e. The van der Waals surface area contributed by atoms with Crippen LogP contribution in [-0.4, -0.2) is 37.8 Å². The smallest absolute Gasteiger partial charge is 0.0854 e. The van der Waals surface area contributed by atoms with Crippen LogP contribution in [0.15, 0.2) is 39.4 Å². The maximum absolute atomic E-state index is 5.54. The summed E-state index contributed by atoms with van der Waals surface area (Å²) >= 11 is 0. The molecule has 0 fully saturated rings. The van der Waals surface area contributed by atoms with Crippen molar-refractivity contribution in [3.63, 3.8) is 0 Å². The Balaban J connectivity index is 4.88. The molecule has 0 saturated heterocycles. The molecule has 4 nitrogen and oxygen atoms in total. The van der Waals surface area contributed by atoms with Gasteiger partial charge < -0.3 is 5.73 Å². The maximum atomic E-state index is 5.54. The average molecular weight is 234 g/mol. The van der Waals surface area contributed by atoms with Crippen molar-refractivity contribution in [3.8, 4) is 0 Å². The third kappa shape index (κ3) is 6.45. The lowest BCUT2D eigenvalue weighted by atomic mass is 10.2. The Morgan fingerprint density at radius 3 is 2.59 bits per heavy atom. The highest BCUT2D eigenvalue weighted by Gasteiger charge is 2.02. The lowest BCUT2D eigenvalue weighted by molar-refractivity contribution is 0.765. The monoisotopic (exact) mass is 234 g/mol. The number of hydrogen-bond acceptors (Lipinski definition) is 4. The van der Waals surface area contributed by atoms with Gasteiger partial charge in [-0.15, -0.1) is 6.58 Å². The third-order valence-corrected chi connectivity index (χ3v) is 2.03. The topological polar surface area (TPSA) is 63.1 Å². The number of rotatable bonds is 7. The van der Waals surface area contributed by atoms with E-state index in [1.165, 1.54) is 6.20 Å². The van der Waals surface area contributed by atoms with Crippen LogP contribution in [0.25, 0.3) is 0 Å². The summed E-state index contributed by atoms with van der Waals surface area (Å²) in [5.74, 6) is 0. The minimum absolute atomic E-state index is 0.201. The number of hydrogen-bond donors (Lipinski definition) is 1. The van der Waals surface area contributed by atoms with Gasteiger partial charge in [-0.05, 0) is 20.3 Å². The summed E-state index contributed by atoms with van der Waals surface area (Å²) in [5.41, 5.74) is 7.09. The van der Waals surface area contributed by atoms with Crippen LogP contribution >= 0.6 is 0 Å². The predicted molar refractivity (Wildman–Crippen MR) is 77.4 cm³/mol. The SMILES string of the molecule is C=CCC(C)N=CC(=NCC)C(C=NC)=CN. The van der Waals surface area contributed by atoms with Crippen molar-refractivity contribution < 1.29 is 0 Å². The normalized spacial score (nSPS) is 15.7. The molecular formula is C13H22N4. The predicted octanol–water partition coefficient (Wildman–Crippen LogP) is 2.03. The summed E-state index contributed by atoms with van der Waals surface area (Å²) in [4.78, 5) is 12.7. The quantitative estimate of drug-likeness (QED) is 0.531. The van der Waals surface area contributed by atoms with Crippen LogP contribution < -0.4 is 5.73 Å². The summed E-state index contributed by atoms with van der Waals surface area (Å²) < 4.78 is 0. The fourth-order valence-electron chi connectivity index (χ4n) is 1.21. The van der Waals surface area contributed by atoms with Gasteiger partial charge in [0, 0.05) is 37.8 Å². The molecular weight excluding hydrogens is 212 g/mol. The van der Waals surface area contributed by atoms with E-state index in [4.69, 9.17) is 5.73 Å². The molecule has 0 bridgehead atoms. The van der Waals surface area contributed by atoms with Gasteiger partial charge in [0.1, 0.15) is 0 Å². The van der Waals surface area contributed by atoms with Gasteiger partial charge in [-0.1, -0.05) is 6.08 Å². The fourth-order valence-corrected chi connectivity index (χ4v) is 1.21. The summed E-state index contributed by atoms with van der Waals surface area (Å²) in [6, 6.07) is 0.201. The Kier molecular flexibility index (Phi) is 8.55. The molecule has 0 amide bonds. The van der Waals surface area contributed by atoms with Crippen LogP contribution in [-0.2, 0) is 0 Å². The first-order valence-electron chi connectivity index (χ1n) is 5.72. The highest BCUT2D eigenvalue weighted by Crippen LogP contribution is 1.98. The molecule has 1 unspecified atom stereocenters. The minimum Gasteiger partial charge on any atom is -0.404 e. The number of nitrogens with zero attached hydrogens (tertiary/aromatic N) is 3. The van der Waals surface area contributed by atoms with E-state index in [0.717, 1.165) is 17.7 Å². The highest BCUT2D eigenvalue weighted by molar-refractivity contribution is 6.43. The van der Waals surface area contributed by atoms with Crippen LogP contribution in [0.4, 0.5) is 0 Å². The molecule has 0 aliphatic heterocycles. The van der Waals surface area contributed by atoms with Gasteiger partial charge in [-0.3, -0.25) is 15.0 Å². The summed E-state index contributed by atoms with van der Waals surface area (Å²) in [6.45, 7) is 8.37. The van der Waals surface area contributed by atoms with Gasteiger partial charge in [-0.2, -0.15) is 0 Å². The number of nitrogens with two attached hydrogens (primary N) is 1. The van der Waals surface area contributed by atoms with E-state index in [1.54, 1.807) is 19.5 Å². The van der Waals surface area contributed by atoms with E-state index in [-0.39, 0.29) is 6.04 Å². The molecule has 0 heterocycles. The Hall–Kier alpha value is -1.71. The second-order valence-electron chi connectivity index (χ2n) is 3.52. The molecule has 0 saturated carbocycles. The van der Waals surface area contributed by atoms with E-state index < -0.39 is 0 Å². The molecule has 0 aliphatic rings. The summed E-state index contributed by atoms with van der Waals surface area (Å²) in [7, 11) is 1.70. The fraction of sp³-hybridized carbons (Fsp3) is 0.462. The van der Waals surface area contributed by atoms with Crippen molar-refractivity contribution >= 4 is 18.1 Å². The first kappa shape index (κ1) is 15.3. The first-order valence-corrected chi connectivity index (χ1v) is 5.72. The molecule has 2 N–H and O–H groups in total. The summed E-state index contributed by atoms with van der Waals surface area (Å²) in [5, 5.41) is 0. The molecule has 0 rings (SSSR count). The van der Waals surface area contributed by atoms with Crippen molar-refractivity contribution in [2.24, 2.45) is 20.7 Å². The zero-order valence-electron chi connectivity index (χ0n) is 10.9. The molecule has 1 atom stereocenters. The van der Waals surface area contributed by atoms with Crippen molar-refractivity contribution in [3.05, 3.63) is 24.4 Å². The van der Waals surface area contributed by atoms with E-state index in [1.807, 2.05) is 19.9 Å². The van der Waals surface area contributed by atoms with E-state index in [2.05, 4.69) is 21.6 Å². The van der Waals surface area contributed by atoms with Gasteiger partial charge in [0.15, 0.2) is 0 Å². The minimum atomic E-state index is 0.201. The molecule has 0 radical (unpaired) electrons. The zero-order valence-corrected chi connectivity index (χ0v) is 10.9. The van der Waals surface area contributed by atoms with E-state index >= 15 is 0 Å².